The second-order valence-corrected chi connectivity index (χ2v) is 10.9. The molecule has 0 aliphatic carbocycles. The average molecular weight is 646 g/mol. The fraction of sp³-hybridized carbons (Fsp3) is 0.222. The van der Waals surface area contributed by atoms with Gasteiger partial charge < -0.3 is 20.3 Å². The molecule has 0 unspecified atom stereocenters. The topological polar surface area (TPSA) is 105 Å². The molecule has 3 amide bonds. The largest absolute Gasteiger partial charge is 0.463 e. The molecule has 4 aromatic carbocycles. The molecule has 0 aliphatic rings. The van der Waals surface area contributed by atoms with E-state index in [1.54, 1.807) is 45.3 Å². The van der Waals surface area contributed by atoms with Crippen LogP contribution in [0.3, 0.4) is 0 Å². The Morgan fingerprint density at radius 1 is 0.830 bits per heavy atom. The molecule has 244 valence electrons. The number of nitrogens with zero attached hydrogens (tertiary/aromatic N) is 1. The van der Waals surface area contributed by atoms with Gasteiger partial charge in [0.15, 0.2) is 0 Å². The number of hydrogen-bond acceptors (Lipinski definition) is 5. The van der Waals surface area contributed by atoms with Crippen LogP contribution in [0.2, 0.25) is 0 Å². The van der Waals surface area contributed by atoms with Crippen molar-refractivity contribution in [2.45, 2.75) is 32.0 Å². The van der Waals surface area contributed by atoms with Crippen molar-refractivity contribution in [2.24, 2.45) is 0 Å². The van der Waals surface area contributed by atoms with Crippen LogP contribution in [0.15, 0.2) is 97.1 Å². The molecule has 0 aromatic heterocycles. The number of halogens is 3. The summed E-state index contributed by atoms with van der Waals surface area (Å²) < 4.78 is 44.8. The van der Waals surface area contributed by atoms with E-state index in [0.29, 0.717) is 16.7 Å². The van der Waals surface area contributed by atoms with Gasteiger partial charge in [-0.25, -0.2) is 0 Å². The van der Waals surface area contributed by atoms with Gasteiger partial charge in [0.25, 0.3) is 11.8 Å². The van der Waals surface area contributed by atoms with E-state index in [1.807, 2.05) is 30.3 Å². The van der Waals surface area contributed by atoms with Gasteiger partial charge in [0, 0.05) is 26.1 Å². The quantitative estimate of drug-likeness (QED) is 0.177. The lowest BCUT2D eigenvalue weighted by Crippen LogP contribution is -2.31. The van der Waals surface area contributed by atoms with Gasteiger partial charge in [-0.2, -0.15) is 13.2 Å². The van der Waals surface area contributed by atoms with Crippen LogP contribution in [0.1, 0.15) is 56.8 Å². The molecule has 0 saturated carbocycles. The molecule has 0 spiro atoms. The Hall–Kier alpha value is -5.45. The number of amides is 3. The van der Waals surface area contributed by atoms with Crippen molar-refractivity contribution in [1.82, 2.24) is 10.2 Å². The van der Waals surface area contributed by atoms with Crippen LogP contribution in [0.4, 0.5) is 18.9 Å². The lowest BCUT2D eigenvalue weighted by Gasteiger charge is -2.19. The summed E-state index contributed by atoms with van der Waals surface area (Å²) in [5.41, 5.74) is 1.73. The highest BCUT2D eigenvalue weighted by molar-refractivity contribution is 6.11. The Kier molecular flexibility index (Phi) is 11.1. The average Bonchev–Trinajstić information content (AvgIpc) is 3.06. The van der Waals surface area contributed by atoms with Gasteiger partial charge in [-0.1, -0.05) is 73.7 Å². The van der Waals surface area contributed by atoms with Crippen molar-refractivity contribution in [3.63, 3.8) is 0 Å². The van der Waals surface area contributed by atoms with Crippen LogP contribution in [-0.2, 0) is 26.9 Å². The summed E-state index contributed by atoms with van der Waals surface area (Å²) in [6.45, 7) is 1.63. The van der Waals surface area contributed by atoms with E-state index in [-0.39, 0.29) is 42.2 Å². The smallest absolute Gasteiger partial charge is 0.416 e. The van der Waals surface area contributed by atoms with Crippen LogP contribution in [-0.4, -0.2) is 49.3 Å². The number of benzene rings is 4. The highest BCUT2D eigenvalue weighted by atomic mass is 19.4. The second-order valence-electron chi connectivity index (χ2n) is 10.9. The van der Waals surface area contributed by atoms with Gasteiger partial charge >= 0.3 is 12.1 Å². The molecule has 0 heterocycles. The van der Waals surface area contributed by atoms with Gasteiger partial charge in [-0.05, 0) is 52.6 Å². The molecule has 0 bridgehead atoms. The second kappa shape index (κ2) is 15.2. The number of ether oxygens (including phenoxy) is 1. The number of esters is 1. The van der Waals surface area contributed by atoms with E-state index in [4.69, 9.17) is 4.74 Å². The van der Waals surface area contributed by atoms with Crippen molar-refractivity contribution in [2.75, 3.05) is 26.0 Å². The minimum absolute atomic E-state index is 0.0927. The minimum Gasteiger partial charge on any atom is -0.463 e. The first kappa shape index (κ1) is 34.4. The van der Waals surface area contributed by atoms with Crippen molar-refractivity contribution in [3.05, 3.63) is 125 Å². The van der Waals surface area contributed by atoms with Crippen molar-refractivity contribution in [1.29, 1.82) is 0 Å². The molecule has 8 nitrogen and oxygen atoms in total. The zero-order chi connectivity index (χ0) is 34.1. The summed E-state index contributed by atoms with van der Waals surface area (Å²) in [4.78, 5) is 52.9. The zero-order valence-corrected chi connectivity index (χ0v) is 26.1. The summed E-state index contributed by atoms with van der Waals surface area (Å²) in [5, 5.41) is 5.60. The van der Waals surface area contributed by atoms with Gasteiger partial charge in [0.05, 0.1) is 29.3 Å². The molecule has 1 atom stereocenters. The number of carbonyl (C=O) groups is 4. The first-order valence-electron chi connectivity index (χ1n) is 14.8. The number of alkyl halides is 3. The first-order valence-corrected chi connectivity index (χ1v) is 14.8. The standard InChI is InChI=1S/C36H34F3N3O5/c1-4-32(43)40-31(25-10-6-5-7-11-25)22-47-33(44)21-23-14-19-30(29(20-23)35(46)42(2)3)41-34(45)28-13-9-8-12-27(28)24-15-17-26(18-16-24)36(37,38)39/h5-20,31H,4,21-22H2,1-3H3,(H,40,43)(H,41,45)/t31-/m0/s1. The van der Waals surface area contributed by atoms with E-state index in [9.17, 15) is 32.3 Å². The van der Waals surface area contributed by atoms with Gasteiger partial charge in [-0.3, -0.25) is 19.2 Å². The van der Waals surface area contributed by atoms with E-state index < -0.39 is 35.6 Å². The molecule has 0 aliphatic heterocycles. The number of anilines is 1. The molecule has 47 heavy (non-hydrogen) atoms. The van der Waals surface area contributed by atoms with E-state index in [1.165, 1.54) is 35.2 Å². The normalized spacial score (nSPS) is 11.7. The van der Waals surface area contributed by atoms with Crippen LogP contribution >= 0.6 is 0 Å². The van der Waals surface area contributed by atoms with Gasteiger partial charge in [0.2, 0.25) is 5.91 Å². The van der Waals surface area contributed by atoms with E-state index in [0.717, 1.165) is 17.7 Å². The van der Waals surface area contributed by atoms with Crippen molar-refractivity contribution >= 4 is 29.4 Å². The molecular weight excluding hydrogens is 611 g/mol. The van der Waals surface area contributed by atoms with Crippen molar-refractivity contribution in [3.8, 4) is 11.1 Å². The molecule has 0 fully saturated rings. The molecular formula is C36H34F3N3O5. The third-order valence-corrected chi connectivity index (χ3v) is 7.28. The predicted octanol–water partition coefficient (Wildman–Crippen LogP) is 6.68. The minimum atomic E-state index is -4.50. The molecule has 2 N–H and O–H groups in total. The van der Waals surface area contributed by atoms with Gasteiger partial charge in [-0.15, -0.1) is 0 Å². The Labute approximate surface area is 270 Å². The van der Waals surface area contributed by atoms with Crippen LogP contribution in [0.5, 0.6) is 0 Å². The Bertz CT molecular complexity index is 1740. The summed E-state index contributed by atoms with van der Waals surface area (Å²) in [5.74, 6) is -1.79. The lowest BCUT2D eigenvalue weighted by molar-refractivity contribution is -0.144. The lowest BCUT2D eigenvalue weighted by atomic mass is 9.97. The highest BCUT2D eigenvalue weighted by Gasteiger charge is 2.30. The molecule has 0 saturated heterocycles. The summed E-state index contributed by atoms with van der Waals surface area (Å²) in [6, 6.07) is 24.1. The van der Waals surface area contributed by atoms with Gasteiger partial charge in [0.1, 0.15) is 6.61 Å². The summed E-state index contributed by atoms with van der Waals surface area (Å²) >= 11 is 0. The van der Waals surface area contributed by atoms with E-state index >= 15 is 0 Å². The van der Waals surface area contributed by atoms with Crippen LogP contribution in [0, 0.1) is 0 Å². The van der Waals surface area contributed by atoms with Crippen LogP contribution < -0.4 is 10.6 Å². The highest BCUT2D eigenvalue weighted by Crippen LogP contribution is 2.32. The zero-order valence-electron chi connectivity index (χ0n) is 26.1. The molecule has 11 heteroatoms. The Morgan fingerprint density at radius 3 is 2.13 bits per heavy atom. The number of carbonyl (C=O) groups excluding carboxylic acids is 4. The predicted molar refractivity (Wildman–Crippen MR) is 172 cm³/mol. The van der Waals surface area contributed by atoms with E-state index in [2.05, 4.69) is 10.6 Å². The fourth-order valence-corrected chi connectivity index (χ4v) is 4.79. The summed E-state index contributed by atoms with van der Waals surface area (Å²) in [6.07, 6.45) is -4.41. The number of nitrogens with one attached hydrogen (secondary N) is 2. The molecule has 4 rings (SSSR count). The monoisotopic (exact) mass is 645 g/mol. The number of hydrogen-bond donors (Lipinski definition) is 2. The third-order valence-electron chi connectivity index (χ3n) is 7.28. The van der Waals surface area contributed by atoms with Crippen LogP contribution in [0.25, 0.3) is 11.1 Å². The SMILES string of the molecule is CCC(=O)N[C@@H](COC(=O)Cc1ccc(NC(=O)c2ccccc2-c2ccc(C(F)(F)F)cc2)c(C(=O)N(C)C)c1)c1ccccc1. The Balaban J connectivity index is 1.53. The summed E-state index contributed by atoms with van der Waals surface area (Å²) in [7, 11) is 3.09. The first-order chi connectivity index (χ1) is 22.4. The Morgan fingerprint density at radius 2 is 1.49 bits per heavy atom. The maximum atomic E-state index is 13.5. The molecule has 0 radical (unpaired) electrons. The maximum Gasteiger partial charge on any atom is 0.416 e. The maximum absolute atomic E-state index is 13.5. The third kappa shape index (κ3) is 9.06. The molecule has 4 aromatic rings. The number of rotatable bonds is 11. The van der Waals surface area contributed by atoms with Crippen molar-refractivity contribution < 1.29 is 37.1 Å². The fourth-order valence-electron chi connectivity index (χ4n) is 4.79.